The van der Waals surface area contributed by atoms with Crippen LogP contribution in [-0.2, 0) is 14.3 Å². The molecular weight excluding hydrogens is 402 g/mol. The van der Waals surface area contributed by atoms with Gasteiger partial charge in [0.05, 0.1) is 13.2 Å². The smallest absolute Gasteiger partial charge is 0.410 e. The molecule has 0 aromatic carbocycles. The Balaban J connectivity index is 2.13. The lowest BCUT2D eigenvalue weighted by Gasteiger charge is -2.33. The average molecular weight is 454 g/mol. The second-order valence-electron chi connectivity index (χ2n) is 9.44. The molecule has 1 fully saturated rings. The van der Waals surface area contributed by atoms with Crippen molar-refractivity contribution in [1.29, 1.82) is 0 Å². The topological polar surface area (TPSA) is 55.8 Å². The molecule has 1 heterocycles. The van der Waals surface area contributed by atoms with E-state index in [1.165, 1.54) is 77.0 Å². The fourth-order valence-corrected chi connectivity index (χ4v) is 4.38. The van der Waals surface area contributed by atoms with Gasteiger partial charge in [-0.15, -0.1) is 0 Å². The van der Waals surface area contributed by atoms with Gasteiger partial charge >= 0.3 is 12.1 Å². The minimum Gasteiger partial charge on any atom is -0.464 e. The second-order valence-corrected chi connectivity index (χ2v) is 9.44. The molecule has 0 aliphatic carbocycles. The highest BCUT2D eigenvalue weighted by atomic mass is 16.6. The molecule has 1 saturated heterocycles. The third kappa shape index (κ3) is 14.0. The Hall–Kier alpha value is -1.26. The van der Waals surface area contributed by atoms with Gasteiger partial charge in [-0.1, -0.05) is 104 Å². The van der Waals surface area contributed by atoms with E-state index in [9.17, 15) is 9.59 Å². The van der Waals surface area contributed by atoms with E-state index in [2.05, 4.69) is 13.8 Å². The number of ether oxygens (including phenoxy) is 2. The minimum atomic E-state index is -0.469. The van der Waals surface area contributed by atoms with Crippen molar-refractivity contribution >= 4 is 12.1 Å². The van der Waals surface area contributed by atoms with Crippen molar-refractivity contribution in [3.63, 3.8) is 0 Å². The fraction of sp³-hybridized carbons (Fsp3) is 0.926. The Labute approximate surface area is 198 Å². The lowest BCUT2D eigenvalue weighted by Crippen LogP contribution is -2.49. The van der Waals surface area contributed by atoms with Gasteiger partial charge in [0.1, 0.15) is 6.04 Å². The third-order valence-electron chi connectivity index (χ3n) is 6.48. The molecule has 1 amide bonds. The zero-order chi connectivity index (χ0) is 23.3. The van der Waals surface area contributed by atoms with Crippen LogP contribution in [0.2, 0.25) is 0 Å². The van der Waals surface area contributed by atoms with Gasteiger partial charge in [-0.3, -0.25) is 4.90 Å². The van der Waals surface area contributed by atoms with Crippen LogP contribution < -0.4 is 0 Å². The van der Waals surface area contributed by atoms with Crippen LogP contribution >= 0.6 is 0 Å². The summed E-state index contributed by atoms with van der Waals surface area (Å²) in [5, 5.41) is 0. The summed E-state index contributed by atoms with van der Waals surface area (Å²) in [6.07, 6.45) is 21.8. The first kappa shape index (κ1) is 28.8. The number of esters is 1. The maximum absolute atomic E-state index is 12.6. The fourth-order valence-electron chi connectivity index (χ4n) is 4.38. The van der Waals surface area contributed by atoms with E-state index < -0.39 is 6.04 Å². The third-order valence-corrected chi connectivity index (χ3v) is 6.48. The van der Waals surface area contributed by atoms with Crippen molar-refractivity contribution in [3.05, 3.63) is 0 Å². The Bertz CT molecular complexity index is 469. The highest BCUT2D eigenvalue weighted by molar-refractivity contribution is 5.81. The van der Waals surface area contributed by atoms with Crippen LogP contribution in [0.25, 0.3) is 0 Å². The van der Waals surface area contributed by atoms with E-state index in [0.29, 0.717) is 26.2 Å². The van der Waals surface area contributed by atoms with Crippen LogP contribution in [0.5, 0.6) is 0 Å². The van der Waals surface area contributed by atoms with Crippen LogP contribution in [-0.4, -0.2) is 42.8 Å². The van der Waals surface area contributed by atoms with E-state index in [-0.39, 0.29) is 12.1 Å². The molecule has 188 valence electrons. The quantitative estimate of drug-likeness (QED) is 0.148. The van der Waals surface area contributed by atoms with Crippen LogP contribution in [0.4, 0.5) is 4.79 Å². The highest BCUT2D eigenvalue weighted by Gasteiger charge is 2.34. The molecule has 0 spiro atoms. The first-order valence-corrected chi connectivity index (χ1v) is 13.8. The maximum Gasteiger partial charge on any atom is 0.410 e. The molecule has 0 saturated carbocycles. The van der Waals surface area contributed by atoms with E-state index in [1.54, 1.807) is 4.90 Å². The molecule has 1 aliphatic rings. The van der Waals surface area contributed by atoms with Gasteiger partial charge in [-0.2, -0.15) is 0 Å². The van der Waals surface area contributed by atoms with Gasteiger partial charge in [0.2, 0.25) is 0 Å². The number of rotatable bonds is 19. The summed E-state index contributed by atoms with van der Waals surface area (Å²) in [7, 11) is 0. The normalized spacial score (nSPS) is 16.2. The van der Waals surface area contributed by atoms with E-state index in [0.717, 1.165) is 38.5 Å². The van der Waals surface area contributed by atoms with Crippen LogP contribution in [0.1, 0.15) is 136 Å². The Kier molecular flexibility index (Phi) is 18.3. The number of hydrogen-bond donors (Lipinski definition) is 0. The molecule has 5 nitrogen and oxygen atoms in total. The van der Waals surface area contributed by atoms with Crippen molar-refractivity contribution in [3.8, 4) is 0 Å². The number of piperidine rings is 1. The van der Waals surface area contributed by atoms with Crippen molar-refractivity contribution in [2.75, 3.05) is 19.8 Å². The van der Waals surface area contributed by atoms with Gasteiger partial charge < -0.3 is 9.47 Å². The van der Waals surface area contributed by atoms with E-state index in [1.807, 2.05) is 0 Å². The number of amides is 1. The molecule has 5 heteroatoms. The van der Waals surface area contributed by atoms with Crippen LogP contribution in [0.3, 0.4) is 0 Å². The molecule has 0 aromatic rings. The van der Waals surface area contributed by atoms with Crippen molar-refractivity contribution in [1.82, 2.24) is 4.90 Å². The monoisotopic (exact) mass is 453 g/mol. The summed E-state index contributed by atoms with van der Waals surface area (Å²) < 4.78 is 11.0. The van der Waals surface area contributed by atoms with E-state index >= 15 is 0 Å². The summed E-state index contributed by atoms with van der Waals surface area (Å²) in [6.45, 7) is 5.96. The lowest BCUT2D eigenvalue weighted by molar-refractivity contribution is -0.150. The number of unbranched alkanes of at least 4 members (excludes halogenated alkanes) is 14. The standard InChI is InChI=1S/C27H51NO4/c1-3-5-7-9-11-12-13-14-16-19-23-31-26(29)25-21-17-18-22-28(25)27(30)32-24-20-15-10-8-6-4-2/h25H,3-24H2,1-2H3. The maximum atomic E-state index is 12.6. The number of carbonyl (C=O) groups is 2. The largest absolute Gasteiger partial charge is 0.464 e. The first-order chi connectivity index (χ1) is 15.7. The predicted molar refractivity (Wildman–Crippen MR) is 132 cm³/mol. The summed E-state index contributed by atoms with van der Waals surface area (Å²) in [5.74, 6) is -0.253. The highest BCUT2D eigenvalue weighted by Crippen LogP contribution is 2.20. The molecule has 1 aliphatic heterocycles. The molecule has 32 heavy (non-hydrogen) atoms. The SMILES string of the molecule is CCCCCCCCCCCCOC(=O)C1CCCCN1C(=O)OCCCCCCCC. The summed E-state index contributed by atoms with van der Waals surface area (Å²) in [4.78, 5) is 26.7. The molecule has 0 aromatic heterocycles. The van der Waals surface area contributed by atoms with Crippen molar-refractivity contribution in [2.24, 2.45) is 0 Å². The Morgan fingerprint density at radius 2 is 1.12 bits per heavy atom. The molecular formula is C27H51NO4. The molecule has 1 atom stereocenters. The molecule has 1 unspecified atom stereocenters. The zero-order valence-corrected chi connectivity index (χ0v) is 21.2. The predicted octanol–water partition coefficient (Wildman–Crippen LogP) is 7.80. The number of likely N-dealkylation sites (tertiary alicyclic amines) is 1. The first-order valence-electron chi connectivity index (χ1n) is 13.8. The van der Waals surface area contributed by atoms with Crippen LogP contribution in [0, 0.1) is 0 Å². The molecule has 0 radical (unpaired) electrons. The Morgan fingerprint density at radius 1 is 0.656 bits per heavy atom. The second kappa shape index (κ2) is 20.4. The molecule has 0 bridgehead atoms. The number of nitrogens with zero attached hydrogens (tertiary/aromatic N) is 1. The molecule has 0 N–H and O–H groups in total. The van der Waals surface area contributed by atoms with E-state index in [4.69, 9.17) is 9.47 Å². The van der Waals surface area contributed by atoms with Gasteiger partial charge in [-0.25, -0.2) is 9.59 Å². The van der Waals surface area contributed by atoms with Gasteiger partial charge in [0.15, 0.2) is 0 Å². The van der Waals surface area contributed by atoms with Crippen LogP contribution in [0.15, 0.2) is 0 Å². The number of carbonyl (C=O) groups excluding carboxylic acids is 2. The lowest BCUT2D eigenvalue weighted by atomic mass is 10.0. The van der Waals surface area contributed by atoms with Gasteiger partial charge in [-0.05, 0) is 32.1 Å². The van der Waals surface area contributed by atoms with Crippen molar-refractivity contribution < 1.29 is 19.1 Å². The summed E-state index contributed by atoms with van der Waals surface area (Å²) >= 11 is 0. The minimum absolute atomic E-state index is 0.253. The van der Waals surface area contributed by atoms with Gasteiger partial charge in [0.25, 0.3) is 0 Å². The average Bonchev–Trinajstić information content (AvgIpc) is 2.81. The Morgan fingerprint density at radius 3 is 1.66 bits per heavy atom. The number of hydrogen-bond acceptors (Lipinski definition) is 4. The summed E-state index contributed by atoms with van der Waals surface area (Å²) in [6, 6.07) is -0.469. The summed E-state index contributed by atoms with van der Waals surface area (Å²) in [5.41, 5.74) is 0. The molecule has 1 rings (SSSR count). The zero-order valence-electron chi connectivity index (χ0n) is 21.2. The van der Waals surface area contributed by atoms with Gasteiger partial charge in [0, 0.05) is 6.54 Å². The van der Waals surface area contributed by atoms with Crippen molar-refractivity contribution in [2.45, 2.75) is 142 Å².